The lowest BCUT2D eigenvalue weighted by molar-refractivity contribution is -0.113. The van der Waals surface area contributed by atoms with Crippen molar-refractivity contribution in [3.05, 3.63) is 41.6 Å². The number of benzene rings is 1. The number of fused-ring (bicyclic) bond motifs is 1. The number of carbonyl (C=O) groups excluding carboxylic acids is 1. The van der Waals surface area contributed by atoms with E-state index in [0.717, 1.165) is 5.39 Å². The largest absolute Gasteiger partial charge is 0.325 e. The summed E-state index contributed by atoms with van der Waals surface area (Å²) in [6, 6.07) is 4.02. The van der Waals surface area contributed by atoms with Crippen LogP contribution in [0.25, 0.3) is 11.0 Å². The Kier molecular flexibility index (Phi) is 4.44. The minimum atomic E-state index is -0.529. The second kappa shape index (κ2) is 6.51. The number of aryl methyl sites for hydroxylation is 1. The molecule has 6 nitrogen and oxygen atoms in total. The van der Waals surface area contributed by atoms with E-state index < -0.39 is 5.82 Å². The average Bonchev–Trinajstić information content (AvgIpc) is 2.91. The van der Waals surface area contributed by atoms with Gasteiger partial charge in [-0.25, -0.2) is 14.4 Å². The molecule has 0 spiro atoms. The third-order valence-electron chi connectivity index (χ3n) is 3.04. The van der Waals surface area contributed by atoms with E-state index in [4.69, 9.17) is 11.6 Å². The van der Waals surface area contributed by atoms with Gasteiger partial charge in [-0.05, 0) is 18.2 Å². The Labute approximate surface area is 140 Å². The van der Waals surface area contributed by atoms with Gasteiger partial charge in [0.1, 0.15) is 17.2 Å². The molecular formula is C14H11ClFN5OS. The number of nitrogens with zero attached hydrogens (tertiary/aromatic N) is 4. The molecule has 0 unspecified atom stereocenters. The molecular weight excluding hydrogens is 341 g/mol. The quantitative estimate of drug-likeness (QED) is 0.578. The molecule has 1 aromatic carbocycles. The van der Waals surface area contributed by atoms with E-state index in [1.54, 1.807) is 17.9 Å². The Morgan fingerprint density at radius 3 is 3.04 bits per heavy atom. The molecule has 3 rings (SSSR count). The summed E-state index contributed by atoms with van der Waals surface area (Å²) in [7, 11) is 1.79. The van der Waals surface area contributed by atoms with Gasteiger partial charge in [-0.1, -0.05) is 23.4 Å². The second-order valence-corrected chi connectivity index (χ2v) is 6.02. The van der Waals surface area contributed by atoms with Crippen molar-refractivity contribution in [1.82, 2.24) is 19.7 Å². The lowest BCUT2D eigenvalue weighted by Gasteiger charge is -2.06. The lowest BCUT2D eigenvalue weighted by Crippen LogP contribution is -2.14. The highest BCUT2D eigenvalue weighted by Gasteiger charge is 2.11. The van der Waals surface area contributed by atoms with Gasteiger partial charge in [0.2, 0.25) is 5.91 Å². The van der Waals surface area contributed by atoms with Gasteiger partial charge >= 0.3 is 0 Å². The van der Waals surface area contributed by atoms with E-state index in [9.17, 15) is 9.18 Å². The number of halogens is 2. The van der Waals surface area contributed by atoms with Gasteiger partial charge in [0.25, 0.3) is 0 Å². The van der Waals surface area contributed by atoms with Crippen LogP contribution in [0.5, 0.6) is 0 Å². The first-order valence-corrected chi connectivity index (χ1v) is 7.91. The fourth-order valence-corrected chi connectivity index (χ4v) is 2.90. The van der Waals surface area contributed by atoms with Crippen molar-refractivity contribution in [3.8, 4) is 0 Å². The SMILES string of the molecule is Cn1ncc2c(SCC(=O)Nc3ccc(F)c(Cl)c3)ncnc21. The van der Waals surface area contributed by atoms with Crippen molar-refractivity contribution < 1.29 is 9.18 Å². The topological polar surface area (TPSA) is 72.7 Å². The number of aromatic nitrogens is 4. The predicted octanol–water partition coefficient (Wildman–Crippen LogP) is 2.89. The van der Waals surface area contributed by atoms with Crippen LogP contribution >= 0.6 is 23.4 Å². The fourth-order valence-electron chi connectivity index (χ4n) is 1.96. The average molecular weight is 352 g/mol. The number of thioether (sulfide) groups is 1. The molecule has 0 aliphatic heterocycles. The van der Waals surface area contributed by atoms with Crippen molar-refractivity contribution in [2.24, 2.45) is 7.05 Å². The molecule has 118 valence electrons. The highest BCUT2D eigenvalue weighted by Crippen LogP contribution is 2.24. The second-order valence-electron chi connectivity index (χ2n) is 4.65. The van der Waals surface area contributed by atoms with Crippen molar-refractivity contribution in [1.29, 1.82) is 0 Å². The first-order valence-electron chi connectivity index (χ1n) is 6.55. The molecule has 0 fully saturated rings. The van der Waals surface area contributed by atoms with Gasteiger partial charge in [0.15, 0.2) is 5.65 Å². The van der Waals surface area contributed by atoms with Gasteiger partial charge in [-0.15, -0.1) is 0 Å². The summed E-state index contributed by atoms with van der Waals surface area (Å²) in [4.78, 5) is 20.3. The molecule has 0 aliphatic carbocycles. The Bertz CT molecular complexity index is 885. The molecule has 1 amide bonds. The smallest absolute Gasteiger partial charge is 0.234 e. The number of carbonyl (C=O) groups is 1. The van der Waals surface area contributed by atoms with Crippen molar-refractivity contribution in [2.45, 2.75) is 5.03 Å². The molecule has 9 heteroatoms. The maximum absolute atomic E-state index is 13.1. The number of hydrogen-bond acceptors (Lipinski definition) is 5. The van der Waals surface area contributed by atoms with Gasteiger partial charge in [-0.2, -0.15) is 5.10 Å². The van der Waals surface area contributed by atoms with Gasteiger partial charge in [-0.3, -0.25) is 9.48 Å². The molecule has 2 aromatic heterocycles. The Hall–Kier alpha value is -2.19. The molecule has 0 saturated heterocycles. The molecule has 0 bridgehead atoms. The van der Waals surface area contributed by atoms with E-state index in [-0.39, 0.29) is 16.7 Å². The number of hydrogen-bond donors (Lipinski definition) is 1. The van der Waals surface area contributed by atoms with Crippen molar-refractivity contribution >= 4 is 46.0 Å². The van der Waals surface area contributed by atoms with Crippen molar-refractivity contribution in [2.75, 3.05) is 11.1 Å². The molecule has 0 aliphatic rings. The number of nitrogens with one attached hydrogen (secondary N) is 1. The van der Waals surface area contributed by atoms with Crippen LogP contribution in [-0.2, 0) is 11.8 Å². The van der Waals surface area contributed by atoms with Crippen LogP contribution in [0.3, 0.4) is 0 Å². The zero-order valence-electron chi connectivity index (χ0n) is 12.0. The maximum Gasteiger partial charge on any atom is 0.234 e. The van der Waals surface area contributed by atoms with E-state index >= 15 is 0 Å². The normalized spacial score (nSPS) is 10.9. The number of rotatable bonds is 4. The molecule has 3 aromatic rings. The Morgan fingerprint density at radius 1 is 1.43 bits per heavy atom. The highest BCUT2D eigenvalue weighted by atomic mass is 35.5. The Balaban J connectivity index is 1.67. The molecule has 23 heavy (non-hydrogen) atoms. The van der Waals surface area contributed by atoms with Crippen LogP contribution in [0.4, 0.5) is 10.1 Å². The number of amides is 1. The lowest BCUT2D eigenvalue weighted by atomic mass is 10.3. The molecule has 1 N–H and O–H groups in total. The van der Waals surface area contributed by atoms with Gasteiger partial charge in [0, 0.05) is 12.7 Å². The van der Waals surface area contributed by atoms with Crippen LogP contribution in [0.15, 0.2) is 35.7 Å². The minimum Gasteiger partial charge on any atom is -0.325 e. The first-order chi connectivity index (χ1) is 11.0. The van der Waals surface area contributed by atoms with Crippen LogP contribution in [0.2, 0.25) is 5.02 Å². The standard InChI is InChI=1S/C14H11ClFN5OS/c1-21-13-9(5-19-21)14(18-7-17-13)23-6-12(22)20-8-2-3-11(16)10(15)4-8/h2-5,7H,6H2,1H3,(H,20,22). The van der Waals surface area contributed by atoms with Gasteiger partial charge < -0.3 is 5.32 Å². The maximum atomic E-state index is 13.1. The summed E-state index contributed by atoms with van der Waals surface area (Å²) in [5, 5.41) is 8.20. The van der Waals surface area contributed by atoms with Crippen LogP contribution in [0, 0.1) is 5.82 Å². The predicted molar refractivity (Wildman–Crippen MR) is 87.1 cm³/mol. The molecule has 0 saturated carbocycles. The Morgan fingerprint density at radius 2 is 2.26 bits per heavy atom. The van der Waals surface area contributed by atoms with E-state index in [1.165, 1.54) is 36.3 Å². The summed E-state index contributed by atoms with van der Waals surface area (Å²) in [6.07, 6.45) is 3.10. The molecule has 2 heterocycles. The van der Waals surface area contributed by atoms with E-state index in [2.05, 4.69) is 20.4 Å². The third-order valence-corrected chi connectivity index (χ3v) is 4.33. The summed E-state index contributed by atoms with van der Waals surface area (Å²) < 4.78 is 14.7. The van der Waals surface area contributed by atoms with Crippen LogP contribution in [-0.4, -0.2) is 31.4 Å². The van der Waals surface area contributed by atoms with Gasteiger partial charge in [0.05, 0.1) is 22.4 Å². The van der Waals surface area contributed by atoms with E-state index in [0.29, 0.717) is 16.4 Å². The minimum absolute atomic E-state index is 0.0386. The third kappa shape index (κ3) is 3.43. The summed E-state index contributed by atoms with van der Waals surface area (Å²) in [5.41, 5.74) is 1.14. The first kappa shape index (κ1) is 15.7. The molecule has 0 atom stereocenters. The number of anilines is 1. The van der Waals surface area contributed by atoms with Crippen LogP contribution in [0.1, 0.15) is 0 Å². The van der Waals surface area contributed by atoms with E-state index in [1.807, 2.05) is 0 Å². The fraction of sp³-hybridized carbons (Fsp3) is 0.143. The summed E-state index contributed by atoms with van der Waals surface area (Å²) in [5.74, 6) is -0.622. The summed E-state index contributed by atoms with van der Waals surface area (Å²) >= 11 is 6.95. The highest BCUT2D eigenvalue weighted by molar-refractivity contribution is 8.00. The zero-order valence-corrected chi connectivity index (χ0v) is 13.5. The molecule has 0 radical (unpaired) electrons. The monoisotopic (exact) mass is 351 g/mol. The summed E-state index contributed by atoms with van der Waals surface area (Å²) in [6.45, 7) is 0. The van der Waals surface area contributed by atoms with Crippen LogP contribution < -0.4 is 5.32 Å². The zero-order chi connectivity index (χ0) is 16.4. The van der Waals surface area contributed by atoms with Crippen molar-refractivity contribution in [3.63, 3.8) is 0 Å².